The van der Waals surface area contributed by atoms with E-state index in [2.05, 4.69) is 10.3 Å². The second-order valence-electron chi connectivity index (χ2n) is 5.82. The third kappa shape index (κ3) is 4.51. The first-order valence-electron chi connectivity index (χ1n) is 8.29. The summed E-state index contributed by atoms with van der Waals surface area (Å²) in [5.74, 6) is -1.73. The molecule has 0 aliphatic heterocycles. The van der Waals surface area contributed by atoms with E-state index in [1.807, 2.05) is 0 Å². The van der Waals surface area contributed by atoms with E-state index in [1.54, 1.807) is 18.2 Å². The van der Waals surface area contributed by atoms with Crippen LogP contribution in [0.2, 0.25) is 0 Å². The summed E-state index contributed by atoms with van der Waals surface area (Å²) in [5.41, 5.74) is 0.253. The number of nitrogens with zero attached hydrogens (tertiary/aromatic N) is 3. The lowest BCUT2D eigenvalue weighted by molar-refractivity contribution is -0.384. The van der Waals surface area contributed by atoms with Crippen molar-refractivity contribution in [3.05, 3.63) is 70.0 Å². The number of esters is 1. The number of amides is 1. The summed E-state index contributed by atoms with van der Waals surface area (Å²) in [5, 5.41) is 13.0. The van der Waals surface area contributed by atoms with Crippen LogP contribution in [-0.4, -0.2) is 32.9 Å². The minimum absolute atomic E-state index is 0.00788. The molecule has 3 aromatic rings. The number of nitro benzene ring substituents is 1. The lowest BCUT2D eigenvalue weighted by Gasteiger charge is -2.09. The number of hydrogen-bond acceptors (Lipinski definition) is 6. The Morgan fingerprint density at radius 3 is 2.69 bits per heavy atom. The lowest BCUT2D eigenvalue weighted by Crippen LogP contribution is -2.30. The average Bonchev–Trinajstić information content (AvgIpc) is 3.09. The highest BCUT2D eigenvalue weighted by atomic mass is 19.3. The van der Waals surface area contributed by atoms with Gasteiger partial charge in [0.1, 0.15) is 13.2 Å². The molecule has 0 unspecified atom stereocenters. The number of para-hydroxylation sites is 2. The number of nitrogens with one attached hydrogen (secondary N) is 1. The molecule has 0 fully saturated rings. The predicted molar refractivity (Wildman–Crippen MR) is 96.2 cm³/mol. The van der Waals surface area contributed by atoms with Crippen molar-refractivity contribution < 1.29 is 28.0 Å². The number of ether oxygens (including phenoxy) is 1. The molecule has 1 N–H and O–H groups in total. The number of halogens is 2. The van der Waals surface area contributed by atoms with E-state index >= 15 is 0 Å². The molecule has 0 spiro atoms. The van der Waals surface area contributed by atoms with E-state index in [1.165, 1.54) is 24.3 Å². The summed E-state index contributed by atoms with van der Waals surface area (Å²) in [6.07, 6.45) is 0. The first-order valence-corrected chi connectivity index (χ1v) is 8.29. The van der Waals surface area contributed by atoms with Crippen LogP contribution in [0.5, 0.6) is 0 Å². The Hall–Kier alpha value is -3.89. The minimum Gasteiger partial charge on any atom is -0.456 e. The van der Waals surface area contributed by atoms with Crippen molar-refractivity contribution in [1.29, 1.82) is 0 Å². The fourth-order valence-electron chi connectivity index (χ4n) is 2.63. The highest BCUT2D eigenvalue weighted by Crippen LogP contribution is 2.23. The molecule has 3 rings (SSSR count). The van der Waals surface area contributed by atoms with Gasteiger partial charge in [-0.25, -0.2) is 4.98 Å². The van der Waals surface area contributed by atoms with Gasteiger partial charge in [-0.1, -0.05) is 18.2 Å². The molecule has 0 saturated heterocycles. The van der Waals surface area contributed by atoms with Crippen molar-refractivity contribution in [2.45, 2.75) is 13.2 Å². The topological polar surface area (TPSA) is 116 Å². The number of carbonyl (C=O) groups excluding carboxylic acids is 2. The molecule has 2 aromatic carbocycles. The van der Waals surface area contributed by atoms with E-state index in [0.29, 0.717) is 10.1 Å². The largest absolute Gasteiger partial charge is 0.456 e. The molecule has 0 saturated carbocycles. The second-order valence-corrected chi connectivity index (χ2v) is 5.82. The van der Waals surface area contributed by atoms with Gasteiger partial charge in [0.2, 0.25) is 0 Å². The van der Waals surface area contributed by atoms with Crippen LogP contribution in [-0.2, 0) is 16.1 Å². The molecule has 1 heterocycles. The van der Waals surface area contributed by atoms with Crippen LogP contribution in [0.1, 0.15) is 22.7 Å². The first-order chi connectivity index (χ1) is 13.9. The maximum atomic E-state index is 13.3. The number of fused-ring (bicyclic) bond motifs is 1. The number of carbonyl (C=O) groups is 2. The third-order valence-corrected chi connectivity index (χ3v) is 3.94. The monoisotopic (exact) mass is 404 g/mol. The van der Waals surface area contributed by atoms with Crippen molar-refractivity contribution in [3.63, 3.8) is 0 Å². The summed E-state index contributed by atoms with van der Waals surface area (Å²) in [7, 11) is 0. The molecule has 0 bridgehead atoms. The third-order valence-electron chi connectivity index (χ3n) is 3.94. The second kappa shape index (κ2) is 8.42. The van der Waals surface area contributed by atoms with E-state index < -0.39 is 36.5 Å². The fourth-order valence-corrected chi connectivity index (χ4v) is 2.63. The van der Waals surface area contributed by atoms with Crippen molar-refractivity contribution >= 4 is 28.6 Å². The lowest BCUT2D eigenvalue weighted by atomic mass is 10.2. The summed E-state index contributed by atoms with van der Waals surface area (Å²) < 4.78 is 32.2. The standard InChI is InChI=1S/C18H14F2N4O5/c19-18(20)23-14-7-2-1-6-13(14)22-15(23)10-29-16(25)9-21-17(26)11-4-3-5-12(8-11)24(27)28/h1-8,18H,9-10H2,(H,21,26). The Morgan fingerprint density at radius 2 is 1.97 bits per heavy atom. The van der Waals surface area contributed by atoms with Crippen LogP contribution in [0, 0.1) is 10.1 Å². The first kappa shape index (κ1) is 19.9. The van der Waals surface area contributed by atoms with Gasteiger partial charge in [-0.15, -0.1) is 0 Å². The molecule has 0 aliphatic rings. The van der Waals surface area contributed by atoms with Gasteiger partial charge in [-0.05, 0) is 18.2 Å². The van der Waals surface area contributed by atoms with Crippen molar-refractivity contribution in [2.24, 2.45) is 0 Å². The van der Waals surface area contributed by atoms with Gasteiger partial charge in [-0.2, -0.15) is 8.78 Å². The van der Waals surface area contributed by atoms with Crippen LogP contribution < -0.4 is 5.32 Å². The van der Waals surface area contributed by atoms with Crippen LogP contribution in [0.15, 0.2) is 48.5 Å². The molecule has 1 amide bonds. The zero-order chi connectivity index (χ0) is 21.0. The molecule has 11 heteroatoms. The van der Waals surface area contributed by atoms with Crippen molar-refractivity contribution in [2.75, 3.05) is 6.54 Å². The molecule has 0 aliphatic carbocycles. The van der Waals surface area contributed by atoms with Gasteiger partial charge < -0.3 is 10.1 Å². The Labute approximate surface area is 162 Å². The Balaban J connectivity index is 1.60. The van der Waals surface area contributed by atoms with Gasteiger partial charge in [0.25, 0.3) is 11.6 Å². The molecule has 0 atom stereocenters. The summed E-state index contributed by atoms with van der Waals surface area (Å²) in [6.45, 7) is -3.93. The fraction of sp³-hybridized carbons (Fsp3) is 0.167. The van der Waals surface area contributed by atoms with Gasteiger partial charge in [-0.3, -0.25) is 24.3 Å². The number of aromatic nitrogens is 2. The number of benzene rings is 2. The van der Waals surface area contributed by atoms with E-state index in [9.17, 15) is 28.5 Å². The SMILES string of the molecule is O=C(CNC(=O)c1cccc([N+](=O)[O-])c1)OCc1nc2ccccc2n1C(F)F. The molecule has 0 radical (unpaired) electrons. The zero-order valence-electron chi connectivity index (χ0n) is 14.7. The van der Waals surface area contributed by atoms with E-state index in [4.69, 9.17) is 4.74 Å². The van der Waals surface area contributed by atoms with Crippen LogP contribution in [0.3, 0.4) is 0 Å². The van der Waals surface area contributed by atoms with Crippen LogP contribution >= 0.6 is 0 Å². The highest BCUT2D eigenvalue weighted by molar-refractivity contribution is 5.96. The summed E-state index contributed by atoms with van der Waals surface area (Å²) >= 11 is 0. The summed E-state index contributed by atoms with van der Waals surface area (Å²) in [4.78, 5) is 38.0. The minimum atomic E-state index is -2.87. The van der Waals surface area contributed by atoms with Gasteiger partial charge in [0.15, 0.2) is 5.82 Å². The van der Waals surface area contributed by atoms with Crippen molar-refractivity contribution in [1.82, 2.24) is 14.9 Å². The summed E-state index contributed by atoms with van der Waals surface area (Å²) in [6, 6.07) is 11.2. The van der Waals surface area contributed by atoms with Gasteiger partial charge in [0, 0.05) is 17.7 Å². The number of rotatable bonds is 7. The molecule has 150 valence electrons. The van der Waals surface area contributed by atoms with Gasteiger partial charge >= 0.3 is 12.5 Å². The maximum absolute atomic E-state index is 13.3. The number of nitro groups is 1. The quantitative estimate of drug-likeness (QED) is 0.368. The zero-order valence-corrected chi connectivity index (χ0v) is 14.7. The number of imidazole rings is 1. The van der Waals surface area contributed by atoms with E-state index in [0.717, 1.165) is 6.07 Å². The molecular weight excluding hydrogens is 390 g/mol. The van der Waals surface area contributed by atoms with Crippen LogP contribution in [0.25, 0.3) is 11.0 Å². The van der Waals surface area contributed by atoms with Crippen molar-refractivity contribution in [3.8, 4) is 0 Å². The predicted octanol–water partition coefficient (Wildman–Crippen LogP) is 2.81. The maximum Gasteiger partial charge on any atom is 0.325 e. The van der Waals surface area contributed by atoms with Crippen LogP contribution in [0.4, 0.5) is 14.5 Å². The number of hydrogen-bond donors (Lipinski definition) is 1. The average molecular weight is 404 g/mol. The molecule has 9 nitrogen and oxygen atoms in total. The number of alkyl halides is 2. The Morgan fingerprint density at radius 1 is 1.21 bits per heavy atom. The number of non-ortho nitro benzene ring substituents is 1. The molecule has 1 aromatic heterocycles. The normalized spacial score (nSPS) is 10.9. The Bertz CT molecular complexity index is 1080. The molecule has 29 heavy (non-hydrogen) atoms. The Kier molecular flexibility index (Phi) is 5.77. The van der Waals surface area contributed by atoms with Gasteiger partial charge in [0.05, 0.1) is 16.0 Å². The molecular formula is C18H14F2N4O5. The smallest absolute Gasteiger partial charge is 0.325 e. The highest BCUT2D eigenvalue weighted by Gasteiger charge is 2.19. The van der Waals surface area contributed by atoms with E-state index in [-0.39, 0.29) is 22.6 Å².